The number of nitrogens with zero attached hydrogens (tertiary/aromatic N) is 2. The third kappa shape index (κ3) is 3.94. The van der Waals surface area contributed by atoms with Gasteiger partial charge in [0.05, 0.1) is 5.69 Å². The fourth-order valence-corrected chi connectivity index (χ4v) is 4.12. The molecule has 1 heterocycles. The van der Waals surface area contributed by atoms with Gasteiger partial charge >= 0.3 is 6.03 Å². The number of amides is 2. The number of hydrogen-bond donors (Lipinski definition) is 1. The van der Waals surface area contributed by atoms with Crippen molar-refractivity contribution in [1.29, 1.82) is 0 Å². The lowest BCUT2D eigenvalue weighted by atomic mass is 9.70. The minimum absolute atomic E-state index is 0.372. The molecule has 0 atom stereocenters. The molecule has 25 heavy (non-hydrogen) atoms. The van der Waals surface area contributed by atoms with Crippen molar-refractivity contribution in [1.82, 2.24) is 4.98 Å². The highest BCUT2D eigenvalue weighted by Crippen LogP contribution is 2.40. The number of rotatable bonds is 3. The minimum atomic E-state index is -0.373. The van der Waals surface area contributed by atoms with Gasteiger partial charge < -0.3 is 5.73 Å². The van der Waals surface area contributed by atoms with E-state index in [9.17, 15) is 4.79 Å². The van der Waals surface area contributed by atoms with Crippen molar-refractivity contribution in [3.63, 3.8) is 0 Å². The predicted molar refractivity (Wildman–Crippen MR) is 104 cm³/mol. The van der Waals surface area contributed by atoms with Crippen LogP contribution in [0.3, 0.4) is 0 Å². The summed E-state index contributed by atoms with van der Waals surface area (Å²) >= 11 is 0. The maximum Gasteiger partial charge on any atom is 0.319 e. The number of benzene rings is 1. The minimum Gasteiger partial charge on any atom is -0.351 e. The van der Waals surface area contributed by atoms with Gasteiger partial charge in [-0.3, -0.25) is 9.88 Å². The number of nitrogens with two attached hydrogens (primary N) is 1. The van der Waals surface area contributed by atoms with Gasteiger partial charge in [-0.25, -0.2) is 4.79 Å². The largest absolute Gasteiger partial charge is 0.351 e. The van der Waals surface area contributed by atoms with E-state index in [1.807, 2.05) is 30.5 Å². The van der Waals surface area contributed by atoms with Crippen LogP contribution >= 0.6 is 0 Å². The van der Waals surface area contributed by atoms with Crippen molar-refractivity contribution < 1.29 is 4.79 Å². The number of primary amides is 1. The lowest BCUT2D eigenvalue weighted by Crippen LogP contribution is -2.40. The Morgan fingerprint density at radius 2 is 1.92 bits per heavy atom. The summed E-state index contributed by atoms with van der Waals surface area (Å²) in [7, 11) is 0. The van der Waals surface area contributed by atoms with E-state index in [1.165, 1.54) is 12.8 Å². The third-order valence-corrected chi connectivity index (χ3v) is 5.73. The van der Waals surface area contributed by atoms with Crippen LogP contribution in [0, 0.1) is 17.3 Å². The lowest BCUT2D eigenvalue weighted by Gasteiger charge is -2.38. The first kappa shape index (κ1) is 17.7. The smallest absolute Gasteiger partial charge is 0.319 e. The second-order valence-corrected chi connectivity index (χ2v) is 8.41. The first-order chi connectivity index (χ1) is 11.9. The van der Waals surface area contributed by atoms with Gasteiger partial charge in [-0.1, -0.05) is 32.9 Å². The lowest BCUT2D eigenvalue weighted by molar-refractivity contribution is 0.151. The standard InChI is InChI=1S/C21H29N3O/c1-21(2,3)17-9-7-15(8-10-17)14-24(20(22)25)19-6-4-5-16-13-23-12-11-18(16)19/h4-6,11-13,15,17H,7-10,14H2,1-3H3,(H2,22,25). The van der Waals surface area contributed by atoms with Crippen molar-refractivity contribution in [2.24, 2.45) is 23.0 Å². The van der Waals surface area contributed by atoms with E-state index < -0.39 is 0 Å². The Kier molecular flexibility index (Phi) is 4.98. The number of fused-ring (bicyclic) bond motifs is 1. The van der Waals surface area contributed by atoms with Crippen LogP contribution in [0.25, 0.3) is 10.8 Å². The summed E-state index contributed by atoms with van der Waals surface area (Å²) in [5, 5.41) is 2.06. The molecular weight excluding hydrogens is 310 g/mol. The van der Waals surface area contributed by atoms with Crippen LogP contribution in [0.2, 0.25) is 0 Å². The van der Waals surface area contributed by atoms with E-state index in [0.717, 1.165) is 35.2 Å². The van der Waals surface area contributed by atoms with Gasteiger partial charge in [-0.2, -0.15) is 0 Å². The van der Waals surface area contributed by atoms with Gasteiger partial charge in [0, 0.05) is 29.7 Å². The van der Waals surface area contributed by atoms with E-state index in [0.29, 0.717) is 17.9 Å². The molecular formula is C21H29N3O. The Labute approximate surface area is 150 Å². The SMILES string of the molecule is CC(C)(C)C1CCC(CN(C(N)=O)c2cccc3cnccc23)CC1. The summed E-state index contributed by atoms with van der Waals surface area (Å²) in [5.74, 6) is 1.29. The normalized spacial score (nSPS) is 21.2. The number of carbonyl (C=O) groups excluding carboxylic acids is 1. The van der Waals surface area contributed by atoms with Crippen LogP contribution in [-0.2, 0) is 0 Å². The molecule has 2 aromatic rings. The molecule has 4 nitrogen and oxygen atoms in total. The summed E-state index contributed by atoms with van der Waals surface area (Å²) in [5.41, 5.74) is 7.01. The molecule has 0 unspecified atom stereocenters. The van der Waals surface area contributed by atoms with Crippen LogP contribution in [-0.4, -0.2) is 17.6 Å². The van der Waals surface area contributed by atoms with Gasteiger partial charge in [-0.05, 0) is 55.1 Å². The zero-order chi connectivity index (χ0) is 18.0. The highest BCUT2D eigenvalue weighted by Gasteiger charge is 2.31. The van der Waals surface area contributed by atoms with Gasteiger partial charge in [0.15, 0.2) is 0 Å². The van der Waals surface area contributed by atoms with Crippen molar-refractivity contribution in [2.45, 2.75) is 46.5 Å². The number of carbonyl (C=O) groups is 1. The van der Waals surface area contributed by atoms with Gasteiger partial charge in [-0.15, -0.1) is 0 Å². The molecule has 0 saturated heterocycles. The predicted octanol–water partition coefficient (Wildman–Crippen LogP) is 4.97. The van der Waals surface area contributed by atoms with Gasteiger partial charge in [0.1, 0.15) is 0 Å². The summed E-state index contributed by atoms with van der Waals surface area (Å²) in [6.45, 7) is 7.70. The summed E-state index contributed by atoms with van der Waals surface area (Å²) in [4.78, 5) is 18.1. The molecule has 0 aliphatic heterocycles. The van der Waals surface area contributed by atoms with Crippen LogP contribution in [0.15, 0.2) is 36.7 Å². The Bertz CT molecular complexity index is 737. The summed E-state index contributed by atoms with van der Waals surface area (Å²) in [6, 6.07) is 7.54. The molecule has 1 saturated carbocycles. The van der Waals surface area contributed by atoms with Gasteiger partial charge in [0.25, 0.3) is 0 Å². The zero-order valence-electron chi connectivity index (χ0n) is 15.5. The van der Waals surface area contributed by atoms with Crippen LogP contribution in [0.4, 0.5) is 10.5 Å². The van der Waals surface area contributed by atoms with Crippen molar-refractivity contribution >= 4 is 22.5 Å². The first-order valence-electron chi connectivity index (χ1n) is 9.26. The zero-order valence-corrected chi connectivity index (χ0v) is 15.5. The van der Waals surface area contributed by atoms with E-state index in [-0.39, 0.29) is 6.03 Å². The number of hydrogen-bond acceptors (Lipinski definition) is 2. The van der Waals surface area contributed by atoms with E-state index in [1.54, 1.807) is 11.1 Å². The maximum atomic E-state index is 12.2. The third-order valence-electron chi connectivity index (χ3n) is 5.73. The number of pyridine rings is 1. The molecule has 1 aliphatic carbocycles. The summed E-state index contributed by atoms with van der Waals surface area (Å²) < 4.78 is 0. The number of aromatic nitrogens is 1. The van der Waals surface area contributed by atoms with E-state index >= 15 is 0 Å². The summed E-state index contributed by atoms with van der Waals surface area (Å²) in [6.07, 6.45) is 8.39. The number of urea groups is 1. The van der Waals surface area contributed by atoms with Crippen LogP contribution < -0.4 is 10.6 Å². The van der Waals surface area contributed by atoms with Gasteiger partial charge in [0.2, 0.25) is 0 Å². The van der Waals surface area contributed by atoms with Crippen molar-refractivity contribution in [2.75, 3.05) is 11.4 Å². The molecule has 1 aliphatic rings. The highest BCUT2D eigenvalue weighted by molar-refractivity contribution is 6.02. The van der Waals surface area contributed by atoms with E-state index in [2.05, 4.69) is 25.8 Å². The van der Waals surface area contributed by atoms with Crippen LogP contribution in [0.1, 0.15) is 46.5 Å². The molecule has 2 N–H and O–H groups in total. The second-order valence-electron chi connectivity index (χ2n) is 8.41. The molecule has 2 amide bonds. The fraction of sp³-hybridized carbons (Fsp3) is 0.524. The molecule has 3 rings (SSSR count). The molecule has 134 valence electrons. The fourth-order valence-electron chi connectivity index (χ4n) is 4.12. The molecule has 0 bridgehead atoms. The second kappa shape index (κ2) is 7.03. The Hall–Kier alpha value is -2.10. The molecule has 0 radical (unpaired) electrons. The average molecular weight is 339 g/mol. The Morgan fingerprint density at radius 3 is 2.56 bits per heavy atom. The molecule has 0 spiro atoms. The molecule has 1 aromatic carbocycles. The molecule has 1 aromatic heterocycles. The maximum absolute atomic E-state index is 12.2. The first-order valence-corrected chi connectivity index (χ1v) is 9.26. The molecule has 4 heteroatoms. The monoisotopic (exact) mass is 339 g/mol. The van der Waals surface area contributed by atoms with Crippen molar-refractivity contribution in [3.05, 3.63) is 36.7 Å². The van der Waals surface area contributed by atoms with Crippen LogP contribution in [0.5, 0.6) is 0 Å². The topological polar surface area (TPSA) is 59.2 Å². The average Bonchev–Trinajstić information content (AvgIpc) is 2.59. The van der Waals surface area contributed by atoms with Crippen molar-refractivity contribution in [3.8, 4) is 0 Å². The highest BCUT2D eigenvalue weighted by atomic mass is 16.2. The van der Waals surface area contributed by atoms with E-state index in [4.69, 9.17) is 5.73 Å². The molecule has 1 fully saturated rings. The Balaban J connectivity index is 1.78. The quantitative estimate of drug-likeness (QED) is 0.858. The number of anilines is 1. The Morgan fingerprint density at radius 1 is 1.20 bits per heavy atom.